The van der Waals surface area contributed by atoms with Gasteiger partial charge in [-0.2, -0.15) is 0 Å². The number of ether oxygens (including phenoxy) is 1. The zero-order valence-corrected chi connectivity index (χ0v) is 27.6. The highest BCUT2D eigenvalue weighted by atomic mass is 79.9. The van der Waals surface area contributed by atoms with Crippen molar-refractivity contribution in [1.29, 1.82) is 0 Å². The first kappa shape index (κ1) is 30.9. The molecule has 2 aliphatic carbocycles. The Hall–Kier alpha value is -3.73. The number of anilines is 2. The van der Waals surface area contributed by atoms with Crippen LogP contribution in [0, 0.1) is 34.9 Å². The second-order valence-corrected chi connectivity index (χ2v) is 14.0. The lowest BCUT2D eigenvalue weighted by Gasteiger charge is -2.49. The van der Waals surface area contributed by atoms with E-state index in [0.717, 1.165) is 21.0 Å². The van der Waals surface area contributed by atoms with E-state index in [-0.39, 0.29) is 51.9 Å². The number of carbonyl (C=O) groups is 4. The normalized spacial score (nSPS) is 28.7. The van der Waals surface area contributed by atoms with E-state index >= 15 is 0 Å². The summed E-state index contributed by atoms with van der Waals surface area (Å²) in [6.07, 6.45) is 2.30. The van der Waals surface area contributed by atoms with Crippen LogP contribution in [0.15, 0.2) is 70.7 Å². The Morgan fingerprint density at radius 3 is 2.28 bits per heavy atom. The summed E-state index contributed by atoms with van der Waals surface area (Å²) in [6, 6.07) is 13.7. The van der Waals surface area contributed by atoms with Crippen LogP contribution in [0.2, 0.25) is 10.0 Å². The lowest BCUT2D eigenvalue weighted by Crippen LogP contribution is -2.48. The summed E-state index contributed by atoms with van der Waals surface area (Å²) in [5.41, 5.74) is 0.439. The van der Waals surface area contributed by atoms with E-state index < -0.39 is 52.6 Å². The minimum atomic E-state index is -1.38. The number of rotatable bonds is 4. The highest BCUT2D eigenvalue weighted by Gasteiger charge is 2.67. The van der Waals surface area contributed by atoms with Gasteiger partial charge < -0.3 is 9.84 Å². The fourth-order valence-corrected chi connectivity index (χ4v) is 8.68. The molecule has 0 aromatic heterocycles. The van der Waals surface area contributed by atoms with Crippen LogP contribution in [0.3, 0.4) is 0 Å². The van der Waals surface area contributed by atoms with Gasteiger partial charge in [-0.15, -0.1) is 0 Å². The van der Waals surface area contributed by atoms with Crippen LogP contribution < -0.4 is 14.5 Å². The molecule has 4 amide bonds. The van der Waals surface area contributed by atoms with Crippen LogP contribution >= 0.6 is 39.1 Å². The molecule has 1 N–H and O–H groups in total. The van der Waals surface area contributed by atoms with E-state index in [1.54, 1.807) is 37.3 Å². The van der Waals surface area contributed by atoms with Crippen LogP contribution in [0.1, 0.15) is 31.2 Å². The molecule has 46 heavy (non-hydrogen) atoms. The molecule has 0 spiro atoms. The molecular formula is C34H26BrCl2FN2O6. The number of halogens is 4. The second kappa shape index (κ2) is 10.9. The summed E-state index contributed by atoms with van der Waals surface area (Å²) in [5, 5.41) is 10.3. The third-order valence-electron chi connectivity index (χ3n) is 10.1. The zero-order valence-electron chi connectivity index (χ0n) is 24.5. The molecule has 0 bridgehead atoms. The van der Waals surface area contributed by atoms with Crippen molar-refractivity contribution in [2.75, 3.05) is 16.9 Å². The zero-order chi connectivity index (χ0) is 32.8. The Morgan fingerprint density at radius 2 is 1.61 bits per heavy atom. The predicted octanol–water partition coefficient (Wildman–Crippen LogP) is 7.04. The number of nitrogens with zero attached hydrogens (tertiary/aromatic N) is 2. The number of hydrogen-bond acceptors (Lipinski definition) is 6. The van der Waals surface area contributed by atoms with Crippen molar-refractivity contribution in [2.24, 2.45) is 29.1 Å². The number of allylic oxidation sites excluding steroid dienone is 2. The molecule has 6 atom stereocenters. The van der Waals surface area contributed by atoms with Crippen molar-refractivity contribution < 1.29 is 33.4 Å². The van der Waals surface area contributed by atoms with Gasteiger partial charge in [-0.3, -0.25) is 24.1 Å². The SMILES string of the molecule is COc1cc([C@H]2C3=CC[C@@H]4C(=O)N(c5ccc(Br)cc5)C(=O)[C@@H]4[C@@H]3C[C@H]3C(=O)N(c4ccc(F)c(Cl)c4)C(=O)[C@@]23C)cc(Cl)c1O. The van der Waals surface area contributed by atoms with Crippen LogP contribution in [0.4, 0.5) is 15.8 Å². The predicted molar refractivity (Wildman–Crippen MR) is 172 cm³/mol. The number of amides is 4. The molecule has 7 rings (SSSR count). The van der Waals surface area contributed by atoms with Crippen molar-refractivity contribution in [1.82, 2.24) is 0 Å². The number of phenols is 1. The summed E-state index contributed by atoms with van der Waals surface area (Å²) in [6.45, 7) is 1.71. The Bertz CT molecular complexity index is 1900. The van der Waals surface area contributed by atoms with Gasteiger partial charge in [-0.1, -0.05) is 50.8 Å². The molecule has 8 nitrogen and oxygen atoms in total. The number of phenolic OH excluding ortho intramolecular Hbond substituents is 1. The summed E-state index contributed by atoms with van der Waals surface area (Å²) < 4.78 is 20.3. The average Bonchev–Trinajstić information content (AvgIpc) is 3.40. The van der Waals surface area contributed by atoms with Crippen LogP contribution in [0.5, 0.6) is 11.5 Å². The number of benzene rings is 3. The lowest BCUT2D eigenvalue weighted by atomic mass is 9.51. The molecule has 0 radical (unpaired) electrons. The number of imide groups is 2. The molecule has 236 valence electrons. The first-order valence-electron chi connectivity index (χ1n) is 14.6. The lowest BCUT2D eigenvalue weighted by molar-refractivity contribution is -0.131. The quantitative estimate of drug-likeness (QED) is 0.228. The molecule has 4 aliphatic rings. The molecule has 2 heterocycles. The first-order chi connectivity index (χ1) is 21.9. The van der Waals surface area contributed by atoms with Gasteiger partial charge in [0, 0.05) is 10.4 Å². The van der Waals surface area contributed by atoms with Crippen molar-refractivity contribution in [3.63, 3.8) is 0 Å². The van der Waals surface area contributed by atoms with Gasteiger partial charge in [0.15, 0.2) is 11.5 Å². The molecule has 3 aromatic rings. The van der Waals surface area contributed by atoms with Crippen LogP contribution in [0.25, 0.3) is 0 Å². The summed E-state index contributed by atoms with van der Waals surface area (Å²) in [4.78, 5) is 59.0. The maximum atomic E-state index is 14.5. The molecular weight excluding hydrogens is 702 g/mol. The Labute approximate surface area is 281 Å². The van der Waals surface area contributed by atoms with E-state index in [4.69, 9.17) is 27.9 Å². The monoisotopic (exact) mass is 726 g/mol. The Morgan fingerprint density at radius 1 is 0.913 bits per heavy atom. The molecule has 3 aromatic carbocycles. The van der Waals surface area contributed by atoms with Gasteiger partial charge in [-0.05, 0) is 85.8 Å². The number of carbonyl (C=O) groups excluding carboxylic acids is 4. The molecule has 12 heteroatoms. The smallest absolute Gasteiger partial charge is 0.241 e. The standard InChI is InChI=1S/C34H26BrCl2FN2O6/c1-34-22(31(43)40(33(34)45)18-7-10-25(38)23(36)13-18)14-21-19(28(34)15-11-24(37)29(41)26(12-15)46-2)8-9-20-27(21)32(44)39(30(20)42)17-5-3-16(35)4-6-17/h3-8,10-13,20-22,27-28,41H,9,14H2,1-2H3/t20-,21+,22-,27-,28-,34+/m0/s1. The van der Waals surface area contributed by atoms with Crippen LogP contribution in [-0.4, -0.2) is 35.8 Å². The Kier molecular flexibility index (Phi) is 7.34. The van der Waals surface area contributed by atoms with Crippen molar-refractivity contribution in [2.45, 2.75) is 25.7 Å². The highest BCUT2D eigenvalue weighted by Crippen LogP contribution is 2.64. The van der Waals surface area contributed by atoms with Gasteiger partial charge in [0.05, 0.1) is 51.7 Å². The average molecular weight is 728 g/mol. The maximum Gasteiger partial charge on any atom is 0.241 e. The third-order valence-corrected chi connectivity index (χ3v) is 11.2. The number of methoxy groups -OCH3 is 1. The van der Waals surface area contributed by atoms with E-state index in [9.17, 15) is 28.7 Å². The van der Waals surface area contributed by atoms with Gasteiger partial charge in [0.25, 0.3) is 0 Å². The highest BCUT2D eigenvalue weighted by molar-refractivity contribution is 9.10. The number of aromatic hydroxyl groups is 1. The second-order valence-electron chi connectivity index (χ2n) is 12.3. The number of fused-ring (bicyclic) bond motifs is 4. The molecule has 1 saturated carbocycles. The van der Waals surface area contributed by atoms with Crippen LogP contribution in [-0.2, 0) is 19.2 Å². The van der Waals surface area contributed by atoms with Gasteiger partial charge in [0.2, 0.25) is 23.6 Å². The summed E-state index contributed by atoms with van der Waals surface area (Å²) in [7, 11) is 1.37. The van der Waals surface area contributed by atoms with Gasteiger partial charge in [0.1, 0.15) is 5.82 Å². The fraction of sp³-hybridized carbons (Fsp3) is 0.294. The largest absolute Gasteiger partial charge is 0.503 e. The first-order valence-corrected chi connectivity index (χ1v) is 16.2. The van der Waals surface area contributed by atoms with E-state index in [1.165, 1.54) is 30.2 Å². The van der Waals surface area contributed by atoms with Gasteiger partial charge >= 0.3 is 0 Å². The van der Waals surface area contributed by atoms with Crippen molar-refractivity contribution in [3.05, 3.63) is 92.1 Å². The van der Waals surface area contributed by atoms with Gasteiger partial charge in [-0.25, -0.2) is 9.29 Å². The fourth-order valence-electron chi connectivity index (χ4n) is 8.03. The van der Waals surface area contributed by atoms with E-state index in [1.807, 2.05) is 6.08 Å². The number of hydrogen-bond donors (Lipinski definition) is 1. The van der Waals surface area contributed by atoms with E-state index in [0.29, 0.717) is 11.3 Å². The molecule has 0 unspecified atom stereocenters. The summed E-state index contributed by atoms with van der Waals surface area (Å²) in [5.74, 6) is -6.30. The maximum absolute atomic E-state index is 14.5. The molecule has 2 saturated heterocycles. The van der Waals surface area contributed by atoms with Crippen molar-refractivity contribution in [3.8, 4) is 11.5 Å². The summed E-state index contributed by atoms with van der Waals surface area (Å²) >= 11 is 15.9. The minimum absolute atomic E-state index is 0.0154. The third kappa shape index (κ3) is 4.29. The topological polar surface area (TPSA) is 104 Å². The van der Waals surface area contributed by atoms with E-state index in [2.05, 4.69) is 15.9 Å². The van der Waals surface area contributed by atoms with Crippen molar-refractivity contribution >= 4 is 74.1 Å². The molecule has 3 fully saturated rings. The minimum Gasteiger partial charge on any atom is -0.503 e. The Balaban J connectivity index is 1.39. The molecule has 2 aliphatic heterocycles.